The molecule has 0 aliphatic heterocycles. The van der Waals surface area contributed by atoms with Crippen molar-refractivity contribution in [2.75, 3.05) is 12.4 Å². The molecular weight excluding hydrogens is 438 g/mol. The summed E-state index contributed by atoms with van der Waals surface area (Å²) in [5.74, 6) is -0.0212. The normalized spacial score (nSPS) is 10.8. The Hall–Kier alpha value is -3.91. The Bertz CT molecular complexity index is 1370. The zero-order valence-corrected chi connectivity index (χ0v) is 19.5. The Kier molecular flexibility index (Phi) is 6.02. The number of Topliss-reactive ketones (excluding diaryl/α,β-unsaturated/α-hetero) is 1. The number of methoxy groups -OCH3 is 1. The smallest absolute Gasteiger partial charge is 0.337 e. The third-order valence-corrected chi connectivity index (χ3v) is 6.38. The summed E-state index contributed by atoms with van der Waals surface area (Å²) < 4.78 is 6.98. The van der Waals surface area contributed by atoms with E-state index in [1.54, 1.807) is 16.8 Å². The number of benzene rings is 2. The topological polar surface area (TPSA) is 93.5 Å². The second-order valence-corrected chi connectivity index (χ2v) is 8.52. The molecule has 2 N–H and O–H groups in total. The van der Waals surface area contributed by atoms with E-state index in [2.05, 4.69) is 5.32 Å². The molecule has 4 rings (SSSR count). The van der Waals surface area contributed by atoms with Crippen LogP contribution in [0, 0.1) is 13.8 Å². The number of carboxylic acid groups (broad SMARTS) is 1. The maximum absolute atomic E-state index is 12.0. The summed E-state index contributed by atoms with van der Waals surface area (Å²) in [6.45, 7) is 5.42. The van der Waals surface area contributed by atoms with Crippen LogP contribution < -0.4 is 10.1 Å². The zero-order valence-electron chi connectivity index (χ0n) is 18.7. The summed E-state index contributed by atoms with van der Waals surface area (Å²) >= 11 is 1.37. The molecule has 0 atom stereocenters. The maximum atomic E-state index is 12.0. The zero-order chi connectivity index (χ0) is 23.7. The van der Waals surface area contributed by atoms with Crippen molar-refractivity contribution >= 4 is 34.6 Å². The highest BCUT2D eigenvalue weighted by molar-refractivity contribution is 7.12. The molecule has 0 aliphatic rings. The highest BCUT2D eigenvalue weighted by Gasteiger charge is 2.23. The molecule has 2 heterocycles. The Morgan fingerprint density at radius 2 is 1.88 bits per heavy atom. The van der Waals surface area contributed by atoms with Crippen molar-refractivity contribution in [3.63, 3.8) is 0 Å². The largest absolute Gasteiger partial charge is 0.497 e. The van der Waals surface area contributed by atoms with E-state index >= 15 is 0 Å². The third-order valence-electron chi connectivity index (χ3n) is 5.35. The van der Waals surface area contributed by atoms with Crippen molar-refractivity contribution in [1.29, 1.82) is 0 Å². The number of aryl methyl sites for hydroxylation is 2. The van der Waals surface area contributed by atoms with E-state index in [-0.39, 0.29) is 11.3 Å². The van der Waals surface area contributed by atoms with Crippen LogP contribution in [0.5, 0.6) is 5.75 Å². The second-order valence-electron chi connectivity index (χ2n) is 7.60. The summed E-state index contributed by atoms with van der Waals surface area (Å²) in [4.78, 5) is 24.5. The van der Waals surface area contributed by atoms with E-state index in [1.165, 1.54) is 31.4 Å². The number of anilines is 2. The molecule has 0 radical (unpaired) electrons. The van der Waals surface area contributed by atoms with Crippen molar-refractivity contribution in [3.8, 4) is 22.6 Å². The van der Waals surface area contributed by atoms with Gasteiger partial charge in [-0.15, -0.1) is 11.3 Å². The number of hydrogen-bond donors (Lipinski definition) is 2. The lowest BCUT2D eigenvalue weighted by atomic mass is 10.1. The number of aromatic nitrogens is 2. The standard InChI is InChI=1S/C25H23N3O4S/c1-14-7-5-6-8-21(14)28-24(26-20-10-9-18(32-4)12-19(20)25(30)31)23(15(2)27-28)17-11-22(16(3)29)33-13-17/h5-13,26H,1-4H3,(H,30,31). The van der Waals surface area contributed by atoms with Gasteiger partial charge in [0.2, 0.25) is 0 Å². The fourth-order valence-electron chi connectivity index (χ4n) is 3.68. The van der Waals surface area contributed by atoms with Gasteiger partial charge in [0.1, 0.15) is 11.6 Å². The van der Waals surface area contributed by atoms with Gasteiger partial charge in [-0.1, -0.05) is 18.2 Å². The van der Waals surface area contributed by atoms with E-state index in [1.807, 2.05) is 49.6 Å². The molecule has 168 valence electrons. The van der Waals surface area contributed by atoms with Gasteiger partial charge < -0.3 is 15.2 Å². The average Bonchev–Trinajstić information content (AvgIpc) is 3.39. The van der Waals surface area contributed by atoms with Crippen molar-refractivity contribution in [1.82, 2.24) is 9.78 Å². The summed E-state index contributed by atoms with van der Waals surface area (Å²) in [5, 5.41) is 19.8. The molecule has 0 saturated heterocycles. The van der Waals surface area contributed by atoms with Gasteiger partial charge in [-0.25, -0.2) is 9.48 Å². The van der Waals surface area contributed by atoms with Crippen LogP contribution in [0.25, 0.3) is 16.8 Å². The number of rotatable bonds is 7. The first-order valence-corrected chi connectivity index (χ1v) is 11.1. The molecule has 0 saturated carbocycles. The van der Waals surface area contributed by atoms with Crippen LogP contribution in [-0.2, 0) is 0 Å². The minimum atomic E-state index is -1.08. The molecule has 0 bridgehead atoms. The summed E-state index contributed by atoms with van der Waals surface area (Å²) in [5.41, 5.74) is 4.74. The number of carbonyl (C=O) groups excluding carboxylic acids is 1. The van der Waals surface area contributed by atoms with Crippen molar-refractivity contribution in [2.24, 2.45) is 0 Å². The molecule has 8 heteroatoms. The van der Waals surface area contributed by atoms with Crippen LogP contribution >= 0.6 is 11.3 Å². The number of carboxylic acids is 1. The summed E-state index contributed by atoms with van der Waals surface area (Å²) in [6.07, 6.45) is 0. The molecule has 0 aliphatic carbocycles. The van der Waals surface area contributed by atoms with Crippen LogP contribution in [0.15, 0.2) is 53.9 Å². The Morgan fingerprint density at radius 3 is 2.52 bits per heavy atom. The third kappa shape index (κ3) is 4.25. The van der Waals surface area contributed by atoms with E-state index < -0.39 is 5.97 Å². The van der Waals surface area contributed by atoms with Gasteiger partial charge >= 0.3 is 5.97 Å². The summed E-state index contributed by atoms with van der Waals surface area (Å²) in [7, 11) is 1.49. The molecule has 4 aromatic rings. The van der Waals surface area contributed by atoms with Gasteiger partial charge in [0.25, 0.3) is 0 Å². The second kappa shape index (κ2) is 8.91. The van der Waals surface area contributed by atoms with Gasteiger partial charge in [0.15, 0.2) is 5.78 Å². The number of aromatic carboxylic acids is 1. The Morgan fingerprint density at radius 1 is 1.12 bits per heavy atom. The molecule has 0 fully saturated rings. The van der Waals surface area contributed by atoms with Crippen LogP contribution in [-0.4, -0.2) is 33.7 Å². The number of hydrogen-bond acceptors (Lipinski definition) is 6. The number of ketones is 1. The molecule has 0 spiro atoms. The van der Waals surface area contributed by atoms with Gasteiger partial charge in [0.05, 0.1) is 34.6 Å². The number of carbonyl (C=O) groups is 2. The van der Waals surface area contributed by atoms with Gasteiger partial charge in [-0.3, -0.25) is 4.79 Å². The number of para-hydroxylation sites is 1. The first-order chi connectivity index (χ1) is 15.8. The molecule has 0 unspecified atom stereocenters. The summed E-state index contributed by atoms with van der Waals surface area (Å²) in [6, 6.07) is 14.5. The van der Waals surface area contributed by atoms with Crippen LogP contribution in [0.1, 0.15) is 38.2 Å². The Labute approximate surface area is 195 Å². The molecular formula is C25H23N3O4S. The Balaban J connectivity index is 1.94. The van der Waals surface area contributed by atoms with E-state index in [0.717, 1.165) is 28.1 Å². The molecule has 2 aromatic carbocycles. The number of ether oxygens (including phenoxy) is 1. The predicted octanol–water partition coefficient (Wildman–Crippen LogP) is 5.87. The van der Waals surface area contributed by atoms with Gasteiger partial charge in [-0.2, -0.15) is 5.10 Å². The lowest BCUT2D eigenvalue weighted by Crippen LogP contribution is -2.08. The maximum Gasteiger partial charge on any atom is 0.337 e. The lowest BCUT2D eigenvalue weighted by Gasteiger charge is -2.15. The fraction of sp³-hybridized carbons (Fsp3) is 0.160. The molecule has 0 amide bonds. The van der Waals surface area contributed by atoms with E-state index in [9.17, 15) is 14.7 Å². The predicted molar refractivity (Wildman–Crippen MR) is 130 cm³/mol. The van der Waals surface area contributed by atoms with Crippen molar-refractivity contribution < 1.29 is 19.4 Å². The highest BCUT2D eigenvalue weighted by atomic mass is 32.1. The van der Waals surface area contributed by atoms with Crippen LogP contribution in [0.2, 0.25) is 0 Å². The minimum Gasteiger partial charge on any atom is -0.497 e. The van der Waals surface area contributed by atoms with E-state index in [4.69, 9.17) is 9.84 Å². The first-order valence-electron chi connectivity index (χ1n) is 10.2. The fourth-order valence-corrected chi connectivity index (χ4v) is 4.48. The quantitative estimate of drug-likeness (QED) is 0.334. The number of nitrogens with zero attached hydrogens (tertiary/aromatic N) is 2. The van der Waals surface area contributed by atoms with E-state index in [0.29, 0.717) is 22.1 Å². The molecule has 33 heavy (non-hydrogen) atoms. The molecule has 2 aromatic heterocycles. The van der Waals surface area contributed by atoms with Crippen LogP contribution in [0.3, 0.4) is 0 Å². The monoisotopic (exact) mass is 461 g/mol. The first kappa shape index (κ1) is 22.3. The number of thiophene rings is 1. The minimum absolute atomic E-state index is 0.00646. The molecule has 7 nitrogen and oxygen atoms in total. The number of nitrogens with one attached hydrogen (secondary N) is 1. The van der Waals surface area contributed by atoms with Crippen molar-refractivity contribution in [2.45, 2.75) is 20.8 Å². The highest BCUT2D eigenvalue weighted by Crippen LogP contribution is 2.39. The average molecular weight is 462 g/mol. The van der Waals surface area contributed by atoms with Crippen LogP contribution in [0.4, 0.5) is 11.5 Å². The van der Waals surface area contributed by atoms with Gasteiger partial charge in [0, 0.05) is 5.56 Å². The SMILES string of the molecule is COc1ccc(Nc2c(-c3csc(C(C)=O)c3)c(C)nn2-c2ccccc2C)c(C(=O)O)c1. The van der Waals surface area contributed by atoms with Gasteiger partial charge in [-0.05, 0) is 67.6 Å². The lowest BCUT2D eigenvalue weighted by molar-refractivity contribution is 0.0697. The van der Waals surface area contributed by atoms with Crippen molar-refractivity contribution in [3.05, 3.63) is 75.6 Å².